The predicted molar refractivity (Wildman–Crippen MR) is 165 cm³/mol. The van der Waals surface area contributed by atoms with E-state index in [4.69, 9.17) is 16.3 Å². The molecule has 0 atom stereocenters. The summed E-state index contributed by atoms with van der Waals surface area (Å²) in [6, 6.07) is 23.3. The summed E-state index contributed by atoms with van der Waals surface area (Å²) in [6.07, 6.45) is 1.90. The quantitative estimate of drug-likeness (QED) is 0.240. The second-order valence-electron chi connectivity index (χ2n) is 10.1. The van der Waals surface area contributed by atoms with E-state index in [9.17, 15) is 18.0 Å². The number of aromatic nitrogens is 3. The number of carbonyl (C=O) groups is 1. The van der Waals surface area contributed by atoms with E-state index in [1.54, 1.807) is 35.2 Å². The van der Waals surface area contributed by atoms with Gasteiger partial charge in [0.15, 0.2) is 5.65 Å². The average molecular weight is 616 g/mol. The lowest BCUT2D eigenvalue weighted by Gasteiger charge is -2.38. The fourth-order valence-corrected chi connectivity index (χ4v) is 5.85. The summed E-state index contributed by atoms with van der Waals surface area (Å²) in [4.78, 5) is 39.3. The summed E-state index contributed by atoms with van der Waals surface area (Å²) in [5.41, 5.74) is 3.37. The number of hydrogen-bond donors (Lipinski definition) is 0. The van der Waals surface area contributed by atoms with Crippen LogP contribution in [-0.2, 0) is 21.2 Å². The molecule has 218 valence electrons. The van der Waals surface area contributed by atoms with E-state index in [0.29, 0.717) is 33.2 Å². The Morgan fingerprint density at radius 2 is 1.74 bits per heavy atom. The van der Waals surface area contributed by atoms with E-state index in [2.05, 4.69) is 9.97 Å². The van der Waals surface area contributed by atoms with Gasteiger partial charge in [0.2, 0.25) is 15.0 Å². The number of nitrogens with zero attached hydrogens (tertiary/aromatic N) is 5. The second kappa shape index (κ2) is 11.2. The lowest BCUT2D eigenvalue weighted by molar-refractivity contribution is 0.147. The molecule has 3 aromatic carbocycles. The third kappa shape index (κ3) is 5.44. The standard InChI is InChI=1S/C31H26ClN5O5S/c1-20-8-6-13-25-27(20)36(31(39)42-19-21-9-4-3-5-10-21)15-14-35(25)26-16-22-18-33-30(43(2,40)41)34-28(22)37(29(26)38)24-12-7-11-23(32)17-24/h3-13,16-18H,14-15,19H2,1-2H3. The van der Waals surface area contributed by atoms with Crippen molar-refractivity contribution in [3.8, 4) is 5.69 Å². The molecule has 3 heterocycles. The third-order valence-corrected chi connectivity index (χ3v) is 8.23. The average Bonchev–Trinajstić information content (AvgIpc) is 2.99. The van der Waals surface area contributed by atoms with Crippen molar-refractivity contribution in [1.29, 1.82) is 0 Å². The molecule has 1 aliphatic heterocycles. The van der Waals surface area contributed by atoms with Crippen molar-refractivity contribution < 1.29 is 17.9 Å². The number of halogens is 1. The van der Waals surface area contributed by atoms with Crippen molar-refractivity contribution in [2.24, 2.45) is 0 Å². The molecule has 6 rings (SSSR count). The molecule has 0 radical (unpaired) electrons. The molecule has 5 aromatic rings. The van der Waals surface area contributed by atoms with Gasteiger partial charge in [0.25, 0.3) is 5.56 Å². The number of pyridine rings is 1. The fraction of sp³-hybridized carbons (Fsp3) is 0.161. The number of para-hydroxylation sites is 1. The molecule has 1 aliphatic rings. The number of aryl methyl sites for hydroxylation is 1. The zero-order chi connectivity index (χ0) is 30.3. The van der Waals surface area contributed by atoms with Crippen LogP contribution in [0.5, 0.6) is 0 Å². The highest BCUT2D eigenvalue weighted by atomic mass is 35.5. The number of sulfone groups is 1. The Bertz CT molecular complexity index is 2050. The molecule has 43 heavy (non-hydrogen) atoms. The topological polar surface area (TPSA) is 115 Å². The first-order valence-electron chi connectivity index (χ1n) is 13.4. The number of benzene rings is 3. The van der Waals surface area contributed by atoms with Crippen LogP contribution in [0, 0.1) is 6.92 Å². The Morgan fingerprint density at radius 1 is 0.977 bits per heavy atom. The first-order chi connectivity index (χ1) is 20.6. The first kappa shape index (κ1) is 28.4. The summed E-state index contributed by atoms with van der Waals surface area (Å²) in [5.74, 6) is 0. The zero-order valence-corrected chi connectivity index (χ0v) is 24.8. The van der Waals surface area contributed by atoms with Gasteiger partial charge in [0.1, 0.15) is 12.3 Å². The molecule has 12 heteroatoms. The molecule has 1 amide bonds. The summed E-state index contributed by atoms with van der Waals surface area (Å²) < 4.78 is 31.5. The Kier molecular flexibility index (Phi) is 7.37. The van der Waals surface area contributed by atoms with Gasteiger partial charge in [-0.1, -0.05) is 60.1 Å². The van der Waals surface area contributed by atoms with Gasteiger partial charge in [-0.2, -0.15) is 4.98 Å². The number of rotatable bonds is 5. The van der Waals surface area contributed by atoms with Gasteiger partial charge in [0.05, 0.1) is 17.1 Å². The minimum Gasteiger partial charge on any atom is -0.444 e. The SMILES string of the molecule is Cc1cccc2c1N(C(=O)OCc1ccccc1)CCN2c1cc2cnc(S(C)(=O)=O)nc2n(-c2cccc(Cl)c2)c1=O. The van der Waals surface area contributed by atoms with Crippen LogP contribution in [-0.4, -0.2) is 48.4 Å². The highest BCUT2D eigenvalue weighted by molar-refractivity contribution is 7.90. The Labute approximate surface area is 252 Å². The number of fused-ring (bicyclic) bond motifs is 2. The molecule has 0 spiro atoms. The van der Waals surface area contributed by atoms with Crippen molar-refractivity contribution in [2.45, 2.75) is 18.7 Å². The van der Waals surface area contributed by atoms with Crippen LogP contribution in [0.4, 0.5) is 21.9 Å². The van der Waals surface area contributed by atoms with Gasteiger partial charge in [-0.3, -0.25) is 14.3 Å². The molecule has 0 saturated heterocycles. The Balaban J connectivity index is 1.48. The van der Waals surface area contributed by atoms with Crippen molar-refractivity contribution in [3.05, 3.63) is 112 Å². The van der Waals surface area contributed by atoms with Crippen LogP contribution >= 0.6 is 11.6 Å². The van der Waals surface area contributed by atoms with E-state index < -0.39 is 26.6 Å². The van der Waals surface area contributed by atoms with Gasteiger partial charge in [-0.15, -0.1) is 0 Å². The number of carbonyl (C=O) groups excluding carboxylic acids is 1. The zero-order valence-electron chi connectivity index (χ0n) is 23.3. The van der Waals surface area contributed by atoms with Crippen LogP contribution in [0.2, 0.25) is 5.02 Å². The Hall–Kier alpha value is -4.74. The van der Waals surface area contributed by atoms with Gasteiger partial charge >= 0.3 is 6.09 Å². The fourth-order valence-electron chi connectivity index (χ4n) is 5.17. The molecular formula is C31H26ClN5O5S. The maximum Gasteiger partial charge on any atom is 0.414 e. The maximum absolute atomic E-state index is 14.3. The van der Waals surface area contributed by atoms with Crippen molar-refractivity contribution >= 4 is 55.6 Å². The van der Waals surface area contributed by atoms with Crippen LogP contribution in [0.1, 0.15) is 11.1 Å². The minimum atomic E-state index is -3.75. The lowest BCUT2D eigenvalue weighted by Crippen LogP contribution is -2.44. The van der Waals surface area contributed by atoms with Crippen LogP contribution in [0.3, 0.4) is 0 Å². The molecule has 10 nitrogen and oxygen atoms in total. The largest absolute Gasteiger partial charge is 0.444 e. The molecule has 0 aliphatic carbocycles. The predicted octanol–water partition coefficient (Wildman–Crippen LogP) is 5.44. The van der Waals surface area contributed by atoms with Crippen LogP contribution in [0.15, 0.2) is 95.0 Å². The number of amides is 1. The lowest BCUT2D eigenvalue weighted by atomic mass is 10.1. The van der Waals surface area contributed by atoms with Crippen molar-refractivity contribution in [3.63, 3.8) is 0 Å². The van der Waals surface area contributed by atoms with Crippen LogP contribution < -0.4 is 15.4 Å². The van der Waals surface area contributed by atoms with E-state index in [1.807, 2.05) is 60.4 Å². The Morgan fingerprint density at radius 3 is 2.49 bits per heavy atom. The smallest absolute Gasteiger partial charge is 0.414 e. The third-order valence-electron chi connectivity index (χ3n) is 7.14. The first-order valence-corrected chi connectivity index (χ1v) is 15.6. The van der Waals surface area contributed by atoms with E-state index >= 15 is 0 Å². The molecule has 0 saturated carbocycles. The van der Waals surface area contributed by atoms with E-state index in [-0.39, 0.29) is 25.3 Å². The van der Waals surface area contributed by atoms with Gasteiger partial charge < -0.3 is 9.64 Å². The second-order valence-corrected chi connectivity index (χ2v) is 12.5. The molecule has 0 fully saturated rings. The van der Waals surface area contributed by atoms with E-state index in [0.717, 1.165) is 17.4 Å². The monoisotopic (exact) mass is 615 g/mol. The molecule has 0 bridgehead atoms. The highest BCUT2D eigenvalue weighted by Crippen LogP contribution is 2.40. The van der Waals surface area contributed by atoms with Gasteiger partial charge in [-0.05, 0) is 48.4 Å². The van der Waals surface area contributed by atoms with Crippen LogP contribution in [0.25, 0.3) is 16.7 Å². The summed E-state index contributed by atoms with van der Waals surface area (Å²) >= 11 is 6.28. The molecule has 2 aromatic heterocycles. The van der Waals surface area contributed by atoms with Crippen molar-refractivity contribution in [2.75, 3.05) is 29.1 Å². The summed E-state index contributed by atoms with van der Waals surface area (Å²) in [7, 11) is -3.75. The van der Waals surface area contributed by atoms with E-state index in [1.165, 1.54) is 10.8 Å². The van der Waals surface area contributed by atoms with Gasteiger partial charge in [-0.25, -0.2) is 18.2 Å². The number of hydrogen-bond acceptors (Lipinski definition) is 8. The molecular weight excluding hydrogens is 590 g/mol. The normalized spacial score (nSPS) is 13.2. The van der Waals surface area contributed by atoms with Crippen molar-refractivity contribution in [1.82, 2.24) is 14.5 Å². The summed E-state index contributed by atoms with van der Waals surface area (Å²) in [6.45, 7) is 2.57. The minimum absolute atomic E-state index is 0.124. The molecule has 0 N–H and O–H groups in total. The summed E-state index contributed by atoms with van der Waals surface area (Å²) in [5, 5.41) is 0.441. The number of anilines is 3. The van der Waals surface area contributed by atoms with Gasteiger partial charge in [0, 0.05) is 36.0 Å². The maximum atomic E-state index is 14.3. The number of ether oxygens (including phenoxy) is 1. The highest BCUT2D eigenvalue weighted by Gasteiger charge is 2.32. The molecule has 0 unspecified atom stereocenters.